The summed E-state index contributed by atoms with van der Waals surface area (Å²) in [5.74, 6) is -0.854. The Hall–Kier alpha value is -6.55. The van der Waals surface area contributed by atoms with Crippen molar-refractivity contribution < 1.29 is 24.2 Å². The van der Waals surface area contributed by atoms with Crippen molar-refractivity contribution in [1.29, 1.82) is 0 Å². The second kappa shape index (κ2) is 17.3. The van der Waals surface area contributed by atoms with Crippen LogP contribution < -0.4 is 20.7 Å². The number of ether oxygens (including phenoxy) is 1. The number of nitrogens with zero attached hydrogens (tertiary/aromatic N) is 2. The maximum atomic E-state index is 13.9. The predicted molar refractivity (Wildman–Crippen MR) is 215 cm³/mol. The molecule has 10 nitrogen and oxygen atoms in total. The molecule has 54 heavy (non-hydrogen) atoms. The van der Waals surface area contributed by atoms with Crippen LogP contribution in [-0.2, 0) is 0 Å². The molecule has 0 heterocycles. The number of aromatic hydroxyl groups is 1. The molecule has 10 heteroatoms. The van der Waals surface area contributed by atoms with E-state index in [1.54, 1.807) is 54.6 Å². The molecular formula is C44H43N5O5. The van der Waals surface area contributed by atoms with E-state index < -0.39 is 11.7 Å². The van der Waals surface area contributed by atoms with Crippen LogP contribution in [-0.4, -0.2) is 36.5 Å². The molecule has 1 unspecified atom stereocenters. The summed E-state index contributed by atoms with van der Waals surface area (Å²) < 4.78 is 5.52. The summed E-state index contributed by atoms with van der Waals surface area (Å²) in [5, 5.41) is 32.2. The minimum Gasteiger partial charge on any atom is -0.505 e. The van der Waals surface area contributed by atoms with Gasteiger partial charge in [0.25, 0.3) is 17.7 Å². The Bertz CT molecular complexity index is 2340. The highest BCUT2D eigenvalue weighted by molar-refractivity contribution is 6.14. The summed E-state index contributed by atoms with van der Waals surface area (Å²) in [6.07, 6.45) is 4.21. The molecule has 0 aliphatic rings. The molecular weight excluding hydrogens is 679 g/mol. The third kappa shape index (κ3) is 8.56. The van der Waals surface area contributed by atoms with Crippen molar-refractivity contribution in [3.05, 3.63) is 132 Å². The van der Waals surface area contributed by atoms with Gasteiger partial charge in [-0.1, -0.05) is 93.8 Å². The zero-order valence-corrected chi connectivity index (χ0v) is 30.6. The molecule has 6 aromatic carbocycles. The topological polar surface area (TPSA) is 141 Å². The fourth-order valence-electron chi connectivity index (χ4n) is 6.34. The summed E-state index contributed by atoms with van der Waals surface area (Å²) in [6, 6.07) is 33.6. The third-order valence-electron chi connectivity index (χ3n) is 9.46. The number of methoxy groups -OCH3 is 1. The highest BCUT2D eigenvalue weighted by Gasteiger charge is 2.21. The van der Waals surface area contributed by atoms with E-state index >= 15 is 0 Å². The Morgan fingerprint density at radius 2 is 1.46 bits per heavy atom. The average molecular weight is 722 g/mol. The van der Waals surface area contributed by atoms with Gasteiger partial charge in [0.15, 0.2) is 5.75 Å². The van der Waals surface area contributed by atoms with Crippen molar-refractivity contribution in [2.75, 3.05) is 24.3 Å². The smallest absolute Gasteiger partial charge is 0.259 e. The maximum Gasteiger partial charge on any atom is 0.259 e. The number of phenolic OH excluding ortho intramolecular Hbond substituents is 1. The molecule has 0 saturated carbocycles. The second-order valence-electron chi connectivity index (χ2n) is 13.1. The number of unbranched alkanes of at least 4 members (excludes halogenated alkanes) is 1. The van der Waals surface area contributed by atoms with Crippen LogP contribution in [0.1, 0.15) is 70.6 Å². The fourth-order valence-corrected chi connectivity index (χ4v) is 6.34. The van der Waals surface area contributed by atoms with Gasteiger partial charge in [0.05, 0.1) is 12.7 Å². The quantitative estimate of drug-likeness (QED) is 0.0828. The molecule has 6 aromatic rings. The van der Waals surface area contributed by atoms with Crippen molar-refractivity contribution in [3.8, 4) is 11.5 Å². The first-order valence-electron chi connectivity index (χ1n) is 18.1. The van der Waals surface area contributed by atoms with E-state index in [0.717, 1.165) is 36.5 Å². The van der Waals surface area contributed by atoms with Crippen LogP contribution >= 0.6 is 0 Å². The van der Waals surface area contributed by atoms with Crippen LogP contribution in [0.4, 0.5) is 22.7 Å². The summed E-state index contributed by atoms with van der Waals surface area (Å²) in [7, 11) is 1.47. The highest BCUT2D eigenvalue weighted by Crippen LogP contribution is 2.41. The second-order valence-corrected chi connectivity index (χ2v) is 13.1. The largest absolute Gasteiger partial charge is 0.505 e. The van der Waals surface area contributed by atoms with Crippen LogP contribution in [0.15, 0.2) is 125 Å². The van der Waals surface area contributed by atoms with E-state index in [1.165, 1.54) is 13.2 Å². The minimum atomic E-state index is -0.573. The number of fused-ring (bicyclic) bond motifs is 2. The van der Waals surface area contributed by atoms with E-state index in [0.29, 0.717) is 51.5 Å². The molecule has 4 N–H and O–H groups in total. The minimum absolute atomic E-state index is 0.00864. The van der Waals surface area contributed by atoms with E-state index in [9.17, 15) is 19.5 Å². The molecule has 0 spiro atoms. The lowest BCUT2D eigenvalue weighted by atomic mass is 9.98. The molecule has 0 radical (unpaired) electrons. The number of nitrogens with one attached hydrogen (secondary N) is 3. The normalized spacial score (nSPS) is 11.8. The number of hydrogen-bond acceptors (Lipinski definition) is 7. The van der Waals surface area contributed by atoms with E-state index in [1.807, 2.05) is 54.6 Å². The molecule has 274 valence electrons. The van der Waals surface area contributed by atoms with Gasteiger partial charge in [-0.3, -0.25) is 14.4 Å². The molecule has 0 aliphatic carbocycles. The van der Waals surface area contributed by atoms with E-state index in [2.05, 4.69) is 40.0 Å². The zero-order chi connectivity index (χ0) is 38.0. The van der Waals surface area contributed by atoms with Crippen LogP contribution in [0.2, 0.25) is 0 Å². The Balaban J connectivity index is 1.39. The first-order valence-corrected chi connectivity index (χ1v) is 18.1. The number of rotatable bonds is 14. The van der Waals surface area contributed by atoms with Crippen LogP contribution in [0, 0.1) is 5.92 Å². The lowest BCUT2D eigenvalue weighted by molar-refractivity contribution is 0.0944. The Kier molecular flexibility index (Phi) is 11.9. The van der Waals surface area contributed by atoms with Gasteiger partial charge in [0.2, 0.25) is 0 Å². The Labute approximate surface area is 314 Å². The summed E-state index contributed by atoms with van der Waals surface area (Å²) >= 11 is 0. The van der Waals surface area contributed by atoms with Crippen LogP contribution in [0.25, 0.3) is 21.5 Å². The van der Waals surface area contributed by atoms with Gasteiger partial charge in [0.1, 0.15) is 17.1 Å². The molecule has 0 bridgehead atoms. The Morgan fingerprint density at radius 1 is 0.722 bits per heavy atom. The van der Waals surface area contributed by atoms with Crippen LogP contribution in [0.3, 0.4) is 0 Å². The number of amides is 3. The van der Waals surface area contributed by atoms with Gasteiger partial charge in [-0.05, 0) is 77.7 Å². The number of hydrogen-bond donors (Lipinski definition) is 4. The lowest BCUT2D eigenvalue weighted by Gasteiger charge is -2.16. The number of anilines is 2. The molecule has 6 rings (SSSR count). The lowest BCUT2D eigenvalue weighted by Crippen LogP contribution is -2.29. The first-order chi connectivity index (χ1) is 26.3. The third-order valence-corrected chi connectivity index (χ3v) is 9.46. The van der Waals surface area contributed by atoms with Crippen molar-refractivity contribution in [2.24, 2.45) is 16.1 Å². The Morgan fingerprint density at radius 3 is 2.24 bits per heavy atom. The van der Waals surface area contributed by atoms with Gasteiger partial charge in [-0.15, -0.1) is 10.2 Å². The molecule has 3 amide bonds. The van der Waals surface area contributed by atoms with Gasteiger partial charge >= 0.3 is 0 Å². The average Bonchev–Trinajstić information content (AvgIpc) is 3.20. The van der Waals surface area contributed by atoms with Crippen molar-refractivity contribution in [2.45, 2.75) is 39.5 Å². The van der Waals surface area contributed by atoms with E-state index in [4.69, 9.17) is 4.74 Å². The van der Waals surface area contributed by atoms with Gasteiger partial charge < -0.3 is 25.8 Å². The van der Waals surface area contributed by atoms with E-state index in [-0.39, 0.29) is 28.8 Å². The number of para-hydroxylation sites is 1. The molecule has 0 saturated heterocycles. The number of phenols is 1. The van der Waals surface area contributed by atoms with Gasteiger partial charge in [-0.2, -0.15) is 0 Å². The van der Waals surface area contributed by atoms with Crippen molar-refractivity contribution in [1.82, 2.24) is 5.32 Å². The number of azo groups is 1. The number of carbonyl (C=O) groups is 3. The number of carbonyl (C=O) groups excluding carboxylic acids is 3. The predicted octanol–water partition coefficient (Wildman–Crippen LogP) is 10.6. The maximum absolute atomic E-state index is 13.9. The number of benzene rings is 6. The molecule has 0 aromatic heterocycles. The highest BCUT2D eigenvalue weighted by atomic mass is 16.5. The van der Waals surface area contributed by atoms with Crippen molar-refractivity contribution in [3.63, 3.8) is 0 Å². The fraction of sp³-hybridized carbons (Fsp3) is 0.205. The zero-order valence-electron chi connectivity index (χ0n) is 30.6. The van der Waals surface area contributed by atoms with Gasteiger partial charge in [0, 0.05) is 39.8 Å². The molecule has 1 atom stereocenters. The standard InChI is InChI=1S/C44H43N5O5/c1-4-6-13-28(5-2)27-45-42(51)30-20-22-35-32(24-30)25-36(44(53)47-37-19-12-15-29-14-10-11-18-34(29)37)41(50)40(35)49-48-38-26-31(21-23-39(38)54-3)43(52)46-33-16-8-7-9-17-33/h7-12,14-26,28,50H,4-6,13,27H2,1-3H3,(H,45,51)(H,46,52)(H,47,53). The summed E-state index contributed by atoms with van der Waals surface area (Å²) in [4.78, 5) is 40.4. The van der Waals surface area contributed by atoms with Gasteiger partial charge in [-0.25, -0.2) is 0 Å². The summed E-state index contributed by atoms with van der Waals surface area (Å²) in [5.41, 5.74) is 2.08. The molecule has 0 aliphatic heterocycles. The SMILES string of the molecule is CCCCC(CC)CNC(=O)c1ccc2c(N=Nc3cc(C(=O)Nc4ccccc4)ccc3OC)c(O)c(C(=O)Nc3cccc4ccccc34)cc2c1. The molecule has 0 fully saturated rings. The monoisotopic (exact) mass is 721 g/mol. The first kappa shape index (κ1) is 37.2. The van der Waals surface area contributed by atoms with Crippen molar-refractivity contribution >= 4 is 62.0 Å². The van der Waals surface area contributed by atoms with Crippen LogP contribution in [0.5, 0.6) is 11.5 Å². The summed E-state index contributed by atoms with van der Waals surface area (Å²) in [6.45, 7) is 4.84.